The molecule has 22 heavy (non-hydrogen) atoms. The molecule has 0 aliphatic carbocycles. The van der Waals surface area contributed by atoms with Crippen molar-refractivity contribution in [3.63, 3.8) is 0 Å². The number of aryl methyl sites for hydroxylation is 1. The molecule has 0 saturated heterocycles. The monoisotopic (exact) mass is 339 g/mol. The summed E-state index contributed by atoms with van der Waals surface area (Å²) in [5.41, 5.74) is 0.862. The van der Waals surface area contributed by atoms with Gasteiger partial charge in [-0.2, -0.15) is 0 Å². The number of nitrogens with one attached hydrogen (secondary N) is 1. The minimum absolute atomic E-state index is 0.0173. The van der Waals surface area contributed by atoms with Crippen molar-refractivity contribution in [1.82, 2.24) is 9.55 Å². The molecular weight excluding hydrogens is 330 g/mol. The van der Waals surface area contributed by atoms with Crippen molar-refractivity contribution in [1.29, 1.82) is 0 Å². The quantitative estimate of drug-likeness (QED) is 0.736. The van der Waals surface area contributed by atoms with Gasteiger partial charge in [-0.25, -0.2) is 18.2 Å². The molecule has 0 aliphatic rings. The summed E-state index contributed by atoms with van der Waals surface area (Å²) in [5.74, 6) is -0.562. The van der Waals surface area contributed by atoms with Crippen molar-refractivity contribution in [3.05, 3.63) is 52.2 Å². The maximum absolute atomic E-state index is 12.4. The number of benzene rings is 1. The molecule has 2 aromatic heterocycles. The number of sulfonamides is 1. The van der Waals surface area contributed by atoms with E-state index in [9.17, 15) is 13.2 Å². The summed E-state index contributed by atoms with van der Waals surface area (Å²) in [6.07, 6.45) is 1.45. The minimum Gasteiger partial charge on any atom is -0.408 e. The van der Waals surface area contributed by atoms with Gasteiger partial charge in [-0.05, 0) is 30.3 Å². The summed E-state index contributed by atoms with van der Waals surface area (Å²) in [4.78, 5) is 15.2. The van der Waals surface area contributed by atoms with Crippen LogP contribution in [0.4, 0.5) is 5.69 Å². The topological polar surface area (TPSA) is 94.2 Å². The number of pyridine rings is 1. The minimum atomic E-state index is -3.87. The lowest BCUT2D eigenvalue weighted by Gasteiger charge is -2.08. The van der Waals surface area contributed by atoms with Gasteiger partial charge >= 0.3 is 5.76 Å². The first-order valence-electron chi connectivity index (χ1n) is 6.11. The predicted molar refractivity (Wildman–Crippen MR) is 81.5 cm³/mol. The molecular formula is C13H10ClN3O4S. The Morgan fingerprint density at radius 1 is 1.32 bits per heavy atom. The summed E-state index contributed by atoms with van der Waals surface area (Å²) in [5, 5.41) is 0.0443. The number of aromatic nitrogens is 2. The molecule has 0 amide bonds. The second-order valence-electron chi connectivity index (χ2n) is 4.50. The fourth-order valence-electron chi connectivity index (χ4n) is 1.94. The molecule has 2 heterocycles. The molecule has 1 aromatic carbocycles. The van der Waals surface area contributed by atoms with Gasteiger partial charge in [0.15, 0.2) is 10.7 Å². The van der Waals surface area contributed by atoms with Crippen LogP contribution in [-0.2, 0) is 17.1 Å². The van der Waals surface area contributed by atoms with Crippen LogP contribution in [0.15, 0.2) is 50.6 Å². The van der Waals surface area contributed by atoms with Crippen LogP contribution in [0.3, 0.4) is 0 Å². The van der Waals surface area contributed by atoms with Gasteiger partial charge in [0.05, 0.1) is 16.1 Å². The predicted octanol–water partition coefficient (Wildman–Crippen LogP) is 1.98. The average molecular weight is 340 g/mol. The van der Waals surface area contributed by atoms with Crippen molar-refractivity contribution >= 4 is 38.4 Å². The number of hydrogen-bond acceptors (Lipinski definition) is 5. The average Bonchev–Trinajstić information content (AvgIpc) is 2.76. The number of rotatable bonds is 3. The highest BCUT2D eigenvalue weighted by molar-refractivity contribution is 7.92. The number of hydrogen-bond donors (Lipinski definition) is 1. The van der Waals surface area contributed by atoms with E-state index in [0.717, 1.165) is 0 Å². The molecule has 9 heteroatoms. The maximum Gasteiger partial charge on any atom is 0.419 e. The zero-order valence-electron chi connectivity index (χ0n) is 11.3. The lowest BCUT2D eigenvalue weighted by atomic mass is 10.3. The SMILES string of the molecule is Cn1c(=O)oc2ccc(S(=O)(=O)Nc3cccnc3Cl)cc21. The molecule has 0 bridgehead atoms. The molecule has 7 nitrogen and oxygen atoms in total. The van der Waals surface area contributed by atoms with E-state index < -0.39 is 15.8 Å². The molecule has 0 aliphatic heterocycles. The fraction of sp³-hybridized carbons (Fsp3) is 0.0769. The first-order chi connectivity index (χ1) is 10.4. The van der Waals surface area contributed by atoms with Crippen LogP contribution in [0.5, 0.6) is 0 Å². The molecule has 0 unspecified atom stereocenters. The summed E-state index contributed by atoms with van der Waals surface area (Å²) in [6, 6.07) is 7.19. The van der Waals surface area contributed by atoms with Crippen LogP contribution in [0, 0.1) is 0 Å². The van der Waals surface area contributed by atoms with Crippen molar-refractivity contribution in [2.45, 2.75) is 4.90 Å². The first-order valence-corrected chi connectivity index (χ1v) is 7.97. The zero-order valence-corrected chi connectivity index (χ0v) is 12.9. The van der Waals surface area contributed by atoms with Gasteiger partial charge in [0.1, 0.15) is 0 Å². The molecule has 0 atom stereocenters. The summed E-state index contributed by atoms with van der Waals surface area (Å²) in [7, 11) is -2.37. The second-order valence-corrected chi connectivity index (χ2v) is 6.54. The summed E-state index contributed by atoms with van der Waals surface area (Å²) in [6.45, 7) is 0. The maximum atomic E-state index is 12.4. The number of fused-ring (bicyclic) bond motifs is 1. The Morgan fingerprint density at radius 2 is 2.09 bits per heavy atom. The Bertz CT molecular complexity index is 1020. The van der Waals surface area contributed by atoms with Crippen molar-refractivity contribution in [2.24, 2.45) is 7.05 Å². The van der Waals surface area contributed by atoms with Crippen LogP contribution < -0.4 is 10.5 Å². The Hall–Kier alpha value is -2.32. The molecule has 1 N–H and O–H groups in total. The van der Waals surface area contributed by atoms with E-state index in [1.807, 2.05) is 0 Å². The van der Waals surface area contributed by atoms with Gasteiger partial charge in [0, 0.05) is 13.2 Å². The van der Waals surface area contributed by atoms with Crippen molar-refractivity contribution in [3.8, 4) is 0 Å². The molecule has 3 rings (SSSR count). The molecule has 0 radical (unpaired) electrons. The van der Waals surface area contributed by atoms with Gasteiger partial charge in [0.25, 0.3) is 10.0 Å². The fourth-order valence-corrected chi connectivity index (χ4v) is 3.25. The lowest BCUT2D eigenvalue weighted by Crippen LogP contribution is -2.14. The third-order valence-corrected chi connectivity index (χ3v) is 4.74. The van der Waals surface area contributed by atoms with Gasteiger partial charge in [-0.1, -0.05) is 11.6 Å². The van der Waals surface area contributed by atoms with E-state index in [2.05, 4.69) is 9.71 Å². The van der Waals surface area contributed by atoms with E-state index >= 15 is 0 Å². The van der Waals surface area contributed by atoms with Gasteiger partial charge in [0.2, 0.25) is 0 Å². The molecule has 0 spiro atoms. The molecule has 0 saturated carbocycles. The number of oxazole rings is 1. The molecule has 0 fully saturated rings. The van der Waals surface area contributed by atoms with E-state index in [0.29, 0.717) is 11.1 Å². The van der Waals surface area contributed by atoms with Gasteiger partial charge in [-0.15, -0.1) is 0 Å². The van der Waals surface area contributed by atoms with Gasteiger partial charge < -0.3 is 4.42 Å². The number of anilines is 1. The second kappa shape index (κ2) is 5.15. The normalized spacial score (nSPS) is 11.7. The van der Waals surface area contributed by atoms with Crippen molar-refractivity contribution in [2.75, 3.05) is 4.72 Å². The summed E-state index contributed by atoms with van der Waals surface area (Å²) < 4.78 is 33.3. The third kappa shape index (κ3) is 2.46. The van der Waals surface area contributed by atoms with Crippen LogP contribution >= 0.6 is 11.6 Å². The third-order valence-electron chi connectivity index (χ3n) is 3.08. The van der Waals surface area contributed by atoms with E-state index in [1.165, 1.54) is 42.1 Å². The Balaban J connectivity index is 2.07. The highest BCUT2D eigenvalue weighted by Crippen LogP contribution is 2.23. The van der Waals surface area contributed by atoms with E-state index in [1.54, 1.807) is 6.07 Å². The largest absolute Gasteiger partial charge is 0.419 e. The number of nitrogens with zero attached hydrogens (tertiary/aromatic N) is 2. The lowest BCUT2D eigenvalue weighted by molar-refractivity contribution is 0.528. The van der Waals surface area contributed by atoms with E-state index in [-0.39, 0.29) is 15.7 Å². The Morgan fingerprint density at radius 3 is 2.82 bits per heavy atom. The van der Waals surface area contributed by atoms with Crippen LogP contribution in [0.25, 0.3) is 11.1 Å². The number of halogens is 1. The first kappa shape index (κ1) is 14.6. The summed E-state index contributed by atoms with van der Waals surface area (Å²) >= 11 is 5.84. The van der Waals surface area contributed by atoms with Crippen LogP contribution in [0.1, 0.15) is 0 Å². The van der Waals surface area contributed by atoms with E-state index in [4.69, 9.17) is 16.0 Å². The van der Waals surface area contributed by atoms with Crippen molar-refractivity contribution < 1.29 is 12.8 Å². The highest BCUT2D eigenvalue weighted by Gasteiger charge is 2.18. The molecule has 114 valence electrons. The zero-order chi connectivity index (χ0) is 15.9. The smallest absolute Gasteiger partial charge is 0.408 e. The van der Waals surface area contributed by atoms with Crippen LogP contribution in [-0.4, -0.2) is 18.0 Å². The Labute approximate surface area is 130 Å². The van der Waals surface area contributed by atoms with Gasteiger partial charge in [-0.3, -0.25) is 9.29 Å². The van der Waals surface area contributed by atoms with Crippen LogP contribution in [0.2, 0.25) is 5.15 Å². The molecule has 3 aromatic rings. The standard InChI is InChI=1S/C13H10ClN3O4S/c1-17-10-7-8(4-5-11(10)21-13(17)18)22(19,20)16-9-3-2-6-15-12(9)14/h2-7,16H,1H3. The highest BCUT2D eigenvalue weighted by atomic mass is 35.5. The Kier molecular flexibility index (Phi) is 3.42.